The van der Waals surface area contributed by atoms with E-state index in [2.05, 4.69) is 4.99 Å². The van der Waals surface area contributed by atoms with Crippen molar-refractivity contribution < 1.29 is 9.53 Å². The number of hydrogen-bond donors (Lipinski definition) is 0. The van der Waals surface area contributed by atoms with Gasteiger partial charge in [-0.25, -0.2) is 5.87 Å². The number of nitriles is 2. The van der Waals surface area contributed by atoms with E-state index in [4.69, 9.17) is 4.74 Å². The van der Waals surface area contributed by atoms with Crippen LogP contribution < -0.4 is 0 Å². The van der Waals surface area contributed by atoms with Crippen molar-refractivity contribution in [2.75, 3.05) is 6.61 Å². The Labute approximate surface area is 145 Å². The second-order valence-corrected chi connectivity index (χ2v) is 5.34. The van der Waals surface area contributed by atoms with Crippen molar-refractivity contribution in [1.82, 2.24) is 0 Å². The lowest BCUT2D eigenvalue weighted by Crippen LogP contribution is -2.34. The van der Waals surface area contributed by atoms with Crippen molar-refractivity contribution in [2.45, 2.75) is 19.8 Å². The molecule has 0 bridgehead atoms. The molecule has 0 spiro atoms. The van der Waals surface area contributed by atoms with Crippen molar-refractivity contribution in [2.24, 2.45) is 10.9 Å². The maximum absolute atomic E-state index is 12.5. The van der Waals surface area contributed by atoms with Gasteiger partial charge in [0.15, 0.2) is 0 Å². The van der Waals surface area contributed by atoms with Crippen molar-refractivity contribution in [3.8, 4) is 12.1 Å². The van der Waals surface area contributed by atoms with Gasteiger partial charge in [0.25, 0.3) is 0 Å². The van der Waals surface area contributed by atoms with Crippen LogP contribution in [0.5, 0.6) is 0 Å². The van der Waals surface area contributed by atoms with Gasteiger partial charge in [0.05, 0.1) is 23.8 Å². The van der Waals surface area contributed by atoms with E-state index < -0.39 is 17.8 Å². The molecule has 2 rings (SSSR count). The number of ether oxygens (including phenoxy) is 1. The van der Waals surface area contributed by atoms with E-state index in [9.17, 15) is 20.7 Å². The number of nitrogens with zero attached hydrogens (tertiary/aromatic N) is 4. The second-order valence-electron chi connectivity index (χ2n) is 5.34. The van der Waals surface area contributed by atoms with Crippen molar-refractivity contribution >= 4 is 17.6 Å². The third-order valence-electron chi connectivity index (χ3n) is 3.92. The van der Waals surface area contributed by atoms with Gasteiger partial charge in [-0.05, 0) is 19.4 Å². The summed E-state index contributed by atoms with van der Waals surface area (Å²) in [4.78, 5) is 16.7. The highest BCUT2D eigenvalue weighted by atomic mass is 16.5. The fourth-order valence-electron chi connectivity index (χ4n) is 2.86. The van der Waals surface area contributed by atoms with E-state index in [1.807, 2.05) is 12.1 Å². The molecule has 0 saturated carbocycles. The smallest absolute Gasteiger partial charge is 0.315 e. The zero-order valence-electron chi connectivity index (χ0n) is 13.9. The summed E-state index contributed by atoms with van der Waals surface area (Å²) >= 11 is 0. The maximum atomic E-state index is 12.5. The minimum absolute atomic E-state index is 0.0272. The van der Waals surface area contributed by atoms with E-state index >= 15 is 0 Å². The molecule has 1 unspecified atom stereocenters. The predicted molar refractivity (Wildman–Crippen MR) is 92.5 cm³/mol. The molecule has 1 aliphatic heterocycles. The van der Waals surface area contributed by atoms with Crippen LogP contribution >= 0.6 is 0 Å². The molecule has 0 saturated heterocycles. The molecule has 6 nitrogen and oxygen atoms in total. The lowest BCUT2D eigenvalue weighted by atomic mass is 9.75. The SMILES string of the molecule is CCOC(=O)C1C(C)=NC(C(=C=[N-])C#N)=C(C#N)[C@H]1c1ccccc1. The van der Waals surface area contributed by atoms with Gasteiger partial charge in [0.1, 0.15) is 17.7 Å². The Hall–Kier alpha value is -3.47. The quantitative estimate of drug-likeness (QED) is 0.480. The Bertz CT molecular complexity index is 878. The van der Waals surface area contributed by atoms with Gasteiger partial charge in [0, 0.05) is 11.6 Å². The molecular weight excluding hydrogens is 316 g/mol. The van der Waals surface area contributed by atoms with E-state index in [-0.39, 0.29) is 23.5 Å². The molecule has 1 aliphatic rings. The van der Waals surface area contributed by atoms with Crippen molar-refractivity contribution in [3.05, 3.63) is 58.1 Å². The standard InChI is InChI=1S/C19H15N4O2/c1-3-25-19(24)16-12(2)23-18(14(9-20)10-21)15(11-22)17(16)13-7-5-4-6-8-13/h4-8,16-17H,3H2,1-2H3/q-1/t16?,17-/m1/s1. The fourth-order valence-corrected chi connectivity index (χ4v) is 2.86. The summed E-state index contributed by atoms with van der Waals surface area (Å²) in [5.41, 5.74) is 1.02. The zero-order valence-corrected chi connectivity index (χ0v) is 13.9. The molecule has 1 heterocycles. The molecule has 2 atom stereocenters. The number of esters is 1. The van der Waals surface area contributed by atoms with Gasteiger partial charge in [-0.3, -0.25) is 9.79 Å². The highest BCUT2D eigenvalue weighted by Crippen LogP contribution is 2.40. The molecule has 0 aromatic heterocycles. The van der Waals surface area contributed by atoms with Crippen molar-refractivity contribution in [1.29, 1.82) is 10.5 Å². The number of benzene rings is 1. The van der Waals surface area contributed by atoms with Crippen LogP contribution in [0, 0.1) is 28.6 Å². The van der Waals surface area contributed by atoms with Gasteiger partial charge >= 0.3 is 5.97 Å². The van der Waals surface area contributed by atoms with Gasteiger partial charge in [0.2, 0.25) is 0 Å². The first kappa shape index (κ1) is 17.9. The Morgan fingerprint density at radius 1 is 1.32 bits per heavy atom. The largest absolute Gasteiger partial charge is 0.762 e. The van der Waals surface area contributed by atoms with Crippen LogP contribution in [0.4, 0.5) is 0 Å². The number of carbonyl (C=O) groups excluding carboxylic acids is 1. The number of aliphatic imine (C=N–C) groups is 1. The Morgan fingerprint density at radius 2 is 2.00 bits per heavy atom. The summed E-state index contributed by atoms with van der Waals surface area (Å²) in [7, 11) is 0. The topological polar surface area (TPSA) is 109 Å². The van der Waals surface area contributed by atoms with Crippen LogP contribution in [0.1, 0.15) is 25.3 Å². The normalized spacial score (nSPS) is 19.1. The lowest BCUT2D eigenvalue weighted by molar-refractivity contribution is -0.146. The molecule has 0 N–H and O–H groups in total. The van der Waals surface area contributed by atoms with Crippen LogP contribution in [0.2, 0.25) is 0 Å². The van der Waals surface area contributed by atoms with Gasteiger partial charge < -0.3 is 10.1 Å². The first-order chi connectivity index (χ1) is 12.1. The molecule has 6 heteroatoms. The zero-order chi connectivity index (χ0) is 18.4. The molecular formula is C19H15N4O2-. The van der Waals surface area contributed by atoms with Gasteiger partial charge in [-0.1, -0.05) is 30.3 Å². The lowest BCUT2D eigenvalue weighted by Gasteiger charge is -2.30. The van der Waals surface area contributed by atoms with E-state index in [1.54, 1.807) is 50.1 Å². The summed E-state index contributed by atoms with van der Waals surface area (Å²) in [6.45, 7) is 3.54. The first-order valence-electron chi connectivity index (χ1n) is 7.67. The monoisotopic (exact) mass is 331 g/mol. The fraction of sp³-hybridized carbons (Fsp3) is 0.263. The first-order valence-corrected chi connectivity index (χ1v) is 7.67. The number of hydrogen-bond acceptors (Lipinski definition) is 5. The average molecular weight is 331 g/mol. The number of carbonyl (C=O) groups is 1. The maximum Gasteiger partial charge on any atom is 0.315 e. The minimum atomic E-state index is -0.778. The summed E-state index contributed by atoms with van der Waals surface area (Å²) in [5.74, 6) is -0.152. The van der Waals surface area contributed by atoms with Crippen LogP contribution in [0.25, 0.3) is 5.41 Å². The molecule has 124 valence electrons. The third kappa shape index (κ3) is 3.40. The van der Waals surface area contributed by atoms with Crippen LogP contribution in [0.15, 0.2) is 52.2 Å². The highest BCUT2D eigenvalue weighted by molar-refractivity contribution is 6.04. The Morgan fingerprint density at radius 3 is 2.52 bits per heavy atom. The average Bonchev–Trinajstić information content (AvgIpc) is 2.63. The van der Waals surface area contributed by atoms with E-state index in [1.165, 1.54) is 0 Å². The summed E-state index contributed by atoms with van der Waals surface area (Å²) in [5, 5.41) is 28.0. The summed E-state index contributed by atoms with van der Waals surface area (Å²) < 4.78 is 5.16. The second kappa shape index (κ2) is 7.88. The van der Waals surface area contributed by atoms with Crippen LogP contribution in [0.3, 0.4) is 0 Å². The molecule has 0 aliphatic carbocycles. The molecule has 25 heavy (non-hydrogen) atoms. The summed E-state index contributed by atoms with van der Waals surface area (Å²) in [6.07, 6.45) is 0. The highest BCUT2D eigenvalue weighted by Gasteiger charge is 2.40. The molecule has 0 amide bonds. The molecule has 0 fully saturated rings. The van der Waals surface area contributed by atoms with Crippen molar-refractivity contribution in [3.63, 3.8) is 0 Å². The Kier molecular flexibility index (Phi) is 5.63. The molecule has 0 radical (unpaired) electrons. The van der Waals surface area contributed by atoms with Crippen LogP contribution in [-0.2, 0) is 9.53 Å². The number of allylic oxidation sites excluding steroid dienone is 2. The Balaban J connectivity index is 2.74. The number of rotatable bonds is 4. The van der Waals surface area contributed by atoms with Gasteiger partial charge in [-0.15, -0.1) is 0 Å². The summed E-state index contributed by atoms with van der Waals surface area (Å²) in [6, 6.07) is 12.8. The van der Waals surface area contributed by atoms with Gasteiger partial charge in [-0.2, -0.15) is 10.5 Å². The van der Waals surface area contributed by atoms with Crippen LogP contribution in [-0.4, -0.2) is 24.2 Å². The van der Waals surface area contributed by atoms with E-state index in [0.717, 1.165) is 5.56 Å². The third-order valence-corrected chi connectivity index (χ3v) is 3.92. The predicted octanol–water partition coefficient (Wildman–Crippen LogP) is 2.89. The van der Waals surface area contributed by atoms with E-state index in [0.29, 0.717) is 5.71 Å². The molecule has 1 aromatic rings. The molecule has 1 aromatic carbocycles. The minimum Gasteiger partial charge on any atom is -0.762 e.